The SMILES string of the molecule is O=C(O)OC1c2c(Br)ccc(OCCN3CCCCC3)c2CCN1S(=O)(=O)c1ccc(Oc2ccc(F)cc2)cc1. The summed E-state index contributed by atoms with van der Waals surface area (Å²) in [6, 6.07) is 14.7. The highest BCUT2D eigenvalue weighted by Crippen LogP contribution is 2.43. The molecule has 1 fully saturated rings. The van der Waals surface area contributed by atoms with Crippen molar-refractivity contribution >= 4 is 32.1 Å². The Morgan fingerprint density at radius 2 is 1.61 bits per heavy atom. The summed E-state index contributed by atoms with van der Waals surface area (Å²) in [5.41, 5.74) is 1.10. The van der Waals surface area contributed by atoms with E-state index in [0.29, 0.717) is 45.9 Å². The van der Waals surface area contributed by atoms with E-state index in [1.165, 1.54) is 67.8 Å². The molecule has 2 aliphatic rings. The fraction of sp³-hybridized carbons (Fsp3) is 0.345. The van der Waals surface area contributed by atoms with Crippen molar-refractivity contribution in [1.82, 2.24) is 9.21 Å². The number of hydrogen-bond acceptors (Lipinski definition) is 7. The van der Waals surface area contributed by atoms with Gasteiger partial charge in [-0.25, -0.2) is 17.6 Å². The lowest BCUT2D eigenvalue weighted by molar-refractivity contribution is -0.00654. The second kappa shape index (κ2) is 12.8. The Hall–Kier alpha value is -3.19. The minimum absolute atomic E-state index is 0.0138. The summed E-state index contributed by atoms with van der Waals surface area (Å²) in [6.07, 6.45) is 0.881. The molecule has 1 atom stereocenters. The molecule has 218 valence electrons. The van der Waals surface area contributed by atoms with Crippen LogP contribution in [0.1, 0.15) is 36.6 Å². The molecule has 12 heteroatoms. The van der Waals surface area contributed by atoms with Crippen molar-refractivity contribution in [2.45, 2.75) is 36.8 Å². The molecule has 2 heterocycles. The van der Waals surface area contributed by atoms with Gasteiger partial charge in [-0.15, -0.1) is 0 Å². The highest BCUT2D eigenvalue weighted by molar-refractivity contribution is 9.10. The van der Waals surface area contributed by atoms with Gasteiger partial charge >= 0.3 is 6.16 Å². The van der Waals surface area contributed by atoms with E-state index in [0.717, 1.165) is 23.9 Å². The molecule has 41 heavy (non-hydrogen) atoms. The van der Waals surface area contributed by atoms with Crippen LogP contribution in [-0.2, 0) is 21.2 Å². The largest absolute Gasteiger partial charge is 0.507 e. The maximum atomic E-state index is 13.8. The van der Waals surface area contributed by atoms with Crippen molar-refractivity contribution in [2.24, 2.45) is 0 Å². The molecule has 0 saturated carbocycles. The van der Waals surface area contributed by atoms with Crippen LogP contribution in [0.2, 0.25) is 0 Å². The Bertz CT molecular complexity index is 1480. The number of piperidine rings is 1. The van der Waals surface area contributed by atoms with Crippen LogP contribution in [0.25, 0.3) is 0 Å². The summed E-state index contributed by atoms with van der Waals surface area (Å²) < 4.78 is 59.2. The number of benzene rings is 3. The molecule has 3 aromatic carbocycles. The van der Waals surface area contributed by atoms with Crippen LogP contribution in [0.3, 0.4) is 0 Å². The first kappa shape index (κ1) is 29.3. The molecule has 0 bridgehead atoms. The third-order valence-electron chi connectivity index (χ3n) is 7.16. The zero-order chi connectivity index (χ0) is 29.0. The smallest absolute Gasteiger partial charge is 0.492 e. The van der Waals surface area contributed by atoms with Gasteiger partial charge in [0.05, 0.1) is 4.90 Å². The quantitative estimate of drug-likeness (QED) is 0.274. The number of fused-ring (bicyclic) bond motifs is 1. The fourth-order valence-corrected chi connectivity index (χ4v) is 7.19. The maximum Gasteiger partial charge on any atom is 0.507 e. The van der Waals surface area contributed by atoms with E-state index >= 15 is 0 Å². The number of ether oxygens (including phenoxy) is 3. The molecule has 0 aliphatic carbocycles. The van der Waals surface area contributed by atoms with Gasteiger partial charge < -0.3 is 19.3 Å². The predicted molar refractivity (Wildman–Crippen MR) is 152 cm³/mol. The molecule has 1 unspecified atom stereocenters. The minimum atomic E-state index is -4.18. The average molecular weight is 650 g/mol. The molecule has 1 N–H and O–H groups in total. The monoisotopic (exact) mass is 648 g/mol. The van der Waals surface area contributed by atoms with E-state index in [9.17, 15) is 22.7 Å². The fourth-order valence-electron chi connectivity index (χ4n) is 5.14. The Labute approximate surface area is 246 Å². The normalized spacial score (nSPS) is 18.0. The van der Waals surface area contributed by atoms with Crippen LogP contribution in [-0.4, -0.2) is 61.7 Å². The highest BCUT2D eigenvalue weighted by atomic mass is 79.9. The van der Waals surface area contributed by atoms with E-state index in [1.54, 1.807) is 12.1 Å². The van der Waals surface area contributed by atoms with Crippen molar-refractivity contribution in [3.8, 4) is 17.2 Å². The van der Waals surface area contributed by atoms with Gasteiger partial charge in [-0.05, 0) is 93.0 Å². The highest BCUT2D eigenvalue weighted by Gasteiger charge is 2.41. The first-order valence-corrected chi connectivity index (χ1v) is 15.6. The summed E-state index contributed by atoms with van der Waals surface area (Å²) in [4.78, 5) is 14.0. The van der Waals surface area contributed by atoms with Crippen LogP contribution in [0.4, 0.5) is 9.18 Å². The second-order valence-corrected chi connectivity index (χ2v) is 12.6. The van der Waals surface area contributed by atoms with Gasteiger partial charge in [0.1, 0.15) is 29.7 Å². The molecular formula is C29H30BrFN2O7S. The Kier molecular flexibility index (Phi) is 9.12. The summed E-state index contributed by atoms with van der Waals surface area (Å²) in [5, 5.41) is 9.55. The molecule has 3 aromatic rings. The molecular weight excluding hydrogens is 619 g/mol. The van der Waals surface area contributed by atoms with E-state index in [2.05, 4.69) is 20.8 Å². The summed E-state index contributed by atoms with van der Waals surface area (Å²) >= 11 is 3.48. The standard InChI is InChI=1S/C29H30BrFN2O7S/c30-25-12-13-26(38-19-18-32-15-2-1-3-16-32)24-14-17-33(28(27(24)25)40-29(34)35)41(36,37)23-10-8-22(9-11-23)39-21-6-4-20(31)5-7-21/h4-13,28H,1-3,14-19H2,(H,34,35). The summed E-state index contributed by atoms with van der Waals surface area (Å²) in [5.74, 6) is 0.927. The first-order valence-electron chi connectivity index (χ1n) is 13.3. The topological polar surface area (TPSA) is 106 Å². The van der Waals surface area contributed by atoms with Crippen molar-refractivity contribution in [3.63, 3.8) is 0 Å². The van der Waals surface area contributed by atoms with Gasteiger partial charge in [0.15, 0.2) is 6.23 Å². The van der Waals surface area contributed by atoms with Gasteiger partial charge in [-0.1, -0.05) is 22.4 Å². The van der Waals surface area contributed by atoms with Crippen LogP contribution in [0.5, 0.6) is 17.2 Å². The van der Waals surface area contributed by atoms with Crippen molar-refractivity contribution in [1.29, 1.82) is 0 Å². The first-order chi connectivity index (χ1) is 19.7. The van der Waals surface area contributed by atoms with Gasteiger partial charge in [0.2, 0.25) is 10.0 Å². The third-order valence-corrected chi connectivity index (χ3v) is 9.71. The van der Waals surface area contributed by atoms with E-state index in [4.69, 9.17) is 14.2 Å². The number of carboxylic acid groups (broad SMARTS) is 1. The third kappa shape index (κ3) is 6.83. The van der Waals surface area contributed by atoms with Crippen molar-refractivity contribution in [2.75, 3.05) is 32.8 Å². The molecule has 1 saturated heterocycles. The Morgan fingerprint density at radius 3 is 2.27 bits per heavy atom. The number of likely N-dealkylation sites (tertiary alicyclic amines) is 1. The van der Waals surface area contributed by atoms with E-state index in [1.807, 2.05) is 0 Å². The molecule has 0 radical (unpaired) electrons. The van der Waals surface area contributed by atoms with E-state index in [-0.39, 0.29) is 11.4 Å². The maximum absolute atomic E-state index is 13.8. The lowest BCUT2D eigenvalue weighted by atomic mass is 9.98. The molecule has 2 aliphatic heterocycles. The molecule has 0 amide bonds. The molecule has 9 nitrogen and oxygen atoms in total. The van der Waals surface area contributed by atoms with Gasteiger partial charge in [0, 0.05) is 28.7 Å². The lowest BCUT2D eigenvalue weighted by Gasteiger charge is -2.36. The number of nitrogens with zero attached hydrogens (tertiary/aromatic N) is 2. The Morgan fingerprint density at radius 1 is 0.951 bits per heavy atom. The minimum Gasteiger partial charge on any atom is -0.492 e. The molecule has 0 spiro atoms. The van der Waals surface area contributed by atoms with Gasteiger partial charge in [-0.3, -0.25) is 4.90 Å². The lowest BCUT2D eigenvalue weighted by Crippen LogP contribution is -2.42. The molecule has 5 rings (SSSR count). The summed E-state index contributed by atoms with van der Waals surface area (Å²) in [7, 11) is -4.18. The van der Waals surface area contributed by atoms with Crippen molar-refractivity contribution < 1.29 is 36.9 Å². The average Bonchev–Trinajstić information content (AvgIpc) is 2.96. The van der Waals surface area contributed by atoms with E-state index < -0.39 is 28.2 Å². The zero-order valence-electron chi connectivity index (χ0n) is 22.2. The predicted octanol–water partition coefficient (Wildman–Crippen LogP) is 6.19. The molecule has 0 aromatic heterocycles. The van der Waals surface area contributed by atoms with Gasteiger partial charge in [0.25, 0.3) is 0 Å². The zero-order valence-corrected chi connectivity index (χ0v) is 24.6. The number of carbonyl (C=O) groups is 1. The summed E-state index contributed by atoms with van der Waals surface area (Å²) in [6.45, 7) is 3.32. The van der Waals surface area contributed by atoms with Crippen LogP contribution in [0.15, 0.2) is 70.0 Å². The number of halogens is 2. The van der Waals surface area contributed by atoms with Crippen LogP contribution in [0, 0.1) is 5.82 Å². The second-order valence-electron chi connectivity index (χ2n) is 9.82. The Balaban J connectivity index is 1.37. The number of rotatable bonds is 9. The number of hydrogen-bond donors (Lipinski definition) is 1. The van der Waals surface area contributed by atoms with Crippen LogP contribution < -0.4 is 9.47 Å². The van der Waals surface area contributed by atoms with Crippen LogP contribution >= 0.6 is 15.9 Å². The number of sulfonamides is 1. The van der Waals surface area contributed by atoms with Gasteiger partial charge in [-0.2, -0.15) is 4.31 Å². The van der Waals surface area contributed by atoms with Crippen molar-refractivity contribution in [3.05, 3.63) is 82.1 Å².